The minimum absolute atomic E-state index is 0.272. The van der Waals surface area contributed by atoms with Crippen LogP contribution in [0.4, 0.5) is 5.69 Å². The quantitative estimate of drug-likeness (QED) is 0.738. The summed E-state index contributed by atoms with van der Waals surface area (Å²) in [5.41, 5.74) is 7.09. The van der Waals surface area contributed by atoms with Crippen molar-refractivity contribution in [3.05, 3.63) is 59.4 Å². The van der Waals surface area contributed by atoms with Gasteiger partial charge in [0, 0.05) is 23.2 Å². The van der Waals surface area contributed by atoms with Crippen molar-refractivity contribution in [1.82, 2.24) is 4.98 Å². The van der Waals surface area contributed by atoms with Crippen molar-refractivity contribution < 1.29 is 9.47 Å². The number of fused-ring (bicyclic) bond motifs is 1. The van der Waals surface area contributed by atoms with Gasteiger partial charge >= 0.3 is 0 Å². The molecule has 0 aliphatic rings. The highest BCUT2D eigenvalue weighted by molar-refractivity contribution is 6.34. The van der Waals surface area contributed by atoms with Crippen LogP contribution >= 0.6 is 11.6 Å². The van der Waals surface area contributed by atoms with E-state index in [2.05, 4.69) is 4.98 Å². The van der Waals surface area contributed by atoms with Crippen LogP contribution in [0, 0.1) is 0 Å². The number of benzene rings is 2. The molecule has 0 saturated heterocycles. The fourth-order valence-corrected chi connectivity index (χ4v) is 2.53. The zero-order valence-electron chi connectivity index (χ0n) is 12.0. The van der Waals surface area contributed by atoms with Gasteiger partial charge in [-0.2, -0.15) is 0 Å². The summed E-state index contributed by atoms with van der Waals surface area (Å²) < 4.78 is 11.3. The van der Waals surface area contributed by atoms with Crippen LogP contribution in [0.5, 0.6) is 11.5 Å². The van der Waals surface area contributed by atoms with E-state index in [4.69, 9.17) is 26.8 Å². The largest absolute Gasteiger partial charge is 0.496 e. The Morgan fingerprint density at radius 2 is 2.00 bits per heavy atom. The van der Waals surface area contributed by atoms with Gasteiger partial charge in [-0.15, -0.1) is 0 Å². The number of hydrogen-bond donors (Lipinski definition) is 1. The second-order valence-electron chi connectivity index (χ2n) is 4.79. The average Bonchev–Trinajstić information content (AvgIpc) is 2.56. The molecule has 5 heteroatoms. The second-order valence-corrected chi connectivity index (χ2v) is 5.17. The van der Waals surface area contributed by atoms with Gasteiger partial charge in [0.15, 0.2) is 0 Å². The van der Waals surface area contributed by atoms with E-state index in [-0.39, 0.29) is 6.61 Å². The molecule has 3 rings (SSSR count). The number of nitrogens with two attached hydrogens (primary N) is 1. The van der Waals surface area contributed by atoms with Gasteiger partial charge in [0.05, 0.1) is 23.4 Å². The molecule has 2 N–H and O–H groups in total. The summed E-state index contributed by atoms with van der Waals surface area (Å²) in [6, 6.07) is 11.2. The Bertz CT molecular complexity index is 816. The van der Waals surface area contributed by atoms with E-state index in [0.29, 0.717) is 16.5 Å². The Morgan fingerprint density at radius 3 is 2.82 bits per heavy atom. The van der Waals surface area contributed by atoms with E-state index in [1.54, 1.807) is 31.6 Å². The summed E-state index contributed by atoms with van der Waals surface area (Å²) in [7, 11) is 1.59. The molecule has 112 valence electrons. The summed E-state index contributed by atoms with van der Waals surface area (Å²) in [4.78, 5) is 4.11. The molecule has 2 aromatic carbocycles. The highest BCUT2D eigenvalue weighted by Gasteiger charge is 2.12. The van der Waals surface area contributed by atoms with Gasteiger partial charge in [0.2, 0.25) is 0 Å². The number of methoxy groups -OCH3 is 1. The first-order valence-electron chi connectivity index (χ1n) is 6.77. The van der Waals surface area contributed by atoms with Gasteiger partial charge in [-0.25, -0.2) is 0 Å². The van der Waals surface area contributed by atoms with Crippen LogP contribution in [0.2, 0.25) is 5.02 Å². The van der Waals surface area contributed by atoms with Crippen LogP contribution in [-0.4, -0.2) is 12.1 Å². The van der Waals surface area contributed by atoms with E-state index in [1.165, 1.54) is 0 Å². The number of ether oxygens (including phenoxy) is 2. The van der Waals surface area contributed by atoms with Crippen molar-refractivity contribution in [3.63, 3.8) is 0 Å². The third-order valence-electron chi connectivity index (χ3n) is 3.46. The maximum Gasteiger partial charge on any atom is 0.127 e. The van der Waals surface area contributed by atoms with Crippen LogP contribution in [0.15, 0.2) is 48.8 Å². The maximum absolute atomic E-state index is 6.27. The molecule has 0 bridgehead atoms. The predicted octanol–water partition coefficient (Wildman–Crippen LogP) is 4.06. The van der Waals surface area contributed by atoms with Gasteiger partial charge in [0.25, 0.3) is 0 Å². The number of nitrogen functional groups attached to an aromatic ring is 1. The first kappa shape index (κ1) is 14.5. The summed E-state index contributed by atoms with van der Waals surface area (Å²) in [5, 5.41) is 2.48. The Labute approximate surface area is 133 Å². The van der Waals surface area contributed by atoms with Gasteiger partial charge in [0.1, 0.15) is 18.1 Å². The lowest BCUT2D eigenvalue weighted by Crippen LogP contribution is -2.02. The number of hydrogen-bond acceptors (Lipinski definition) is 4. The number of aromatic nitrogens is 1. The lowest BCUT2D eigenvalue weighted by atomic mass is 10.1. The summed E-state index contributed by atoms with van der Waals surface area (Å²) in [6.07, 6.45) is 3.54. The first-order valence-corrected chi connectivity index (χ1v) is 7.15. The Kier molecular flexibility index (Phi) is 4.02. The monoisotopic (exact) mass is 314 g/mol. The topological polar surface area (TPSA) is 57.4 Å². The van der Waals surface area contributed by atoms with E-state index in [9.17, 15) is 0 Å². The zero-order chi connectivity index (χ0) is 15.5. The number of nitrogens with zero attached hydrogens (tertiary/aromatic N) is 1. The molecule has 1 aromatic heterocycles. The molecule has 1 heterocycles. The van der Waals surface area contributed by atoms with E-state index in [1.807, 2.05) is 24.3 Å². The van der Waals surface area contributed by atoms with Crippen LogP contribution in [0.25, 0.3) is 10.8 Å². The maximum atomic E-state index is 6.27. The van der Waals surface area contributed by atoms with Crippen LogP contribution in [0.1, 0.15) is 5.56 Å². The molecule has 0 unspecified atom stereocenters. The Hall–Kier alpha value is -2.46. The fourth-order valence-electron chi connectivity index (χ4n) is 2.32. The SMILES string of the molecule is COc1ccc(N)c(Cl)c1COc1cccc2cnccc12. The second kappa shape index (κ2) is 6.12. The summed E-state index contributed by atoms with van der Waals surface area (Å²) >= 11 is 6.27. The molecule has 0 radical (unpaired) electrons. The fraction of sp³-hybridized carbons (Fsp3) is 0.118. The van der Waals surface area contributed by atoms with Gasteiger partial charge in [-0.05, 0) is 24.3 Å². The van der Waals surface area contributed by atoms with Crippen molar-refractivity contribution in [3.8, 4) is 11.5 Å². The number of pyridine rings is 1. The number of rotatable bonds is 4. The number of anilines is 1. The predicted molar refractivity (Wildman–Crippen MR) is 88.5 cm³/mol. The van der Waals surface area contributed by atoms with Gasteiger partial charge in [-0.1, -0.05) is 23.7 Å². The molecule has 3 aromatic rings. The molecular formula is C17H15ClN2O2. The molecule has 0 spiro atoms. The van der Waals surface area contributed by atoms with Crippen LogP contribution in [-0.2, 0) is 6.61 Å². The van der Waals surface area contributed by atoms with E-state index < -0.39 is 0 Å². The molecule has 0 aliphatic heterocycles. The van der Waals surface area contributed by atoms with E-state index in [0.717, 1.165) is 22.1 Å². The lowest BCUT2D eigenvalue weighted by molar-refractivity contribution is 0.300. The molecule has 0 amide bonds. The van der Waals surface area contributed by atoms with Crippen molar-refractivity contribution in [2.75, 3.05) is 12.8 Å². The zero-order valence-corrected chi connectivity index (χ0v) is 12.8. The molecule has 0 aliphatic carbocycles. The Morgan fingerprint density at radius 1 is 1.14 bits per heavy atom. The van der Waals surface area contributed by atoms with Crippen LogP contribution < -0.4 is 15.2 Å². The molecule has 0 saturated carbocycles. The summed E-state index contributed by atoms with van der Waals surface area (Å²) in [5.74, 6) is 1.42. The van der Waals surface area contributed by atoms with Crippen molar-refractivity contribution in [2.24, 2.45) is 0 Å². The van der Waals surface area contributed by atoms with Crippen molar-refractivity contribution in [1.29, 1.82) is 0 Å². The number of halogens is 1. The molecular weight excluding hydrogens is 300 g/mol. The minimum atomic E-state index is 0.272. The van der Waals surface area contributed by atoms with Crippen molar-refractivity contribution >= 4 is 28.1 Å². The average molecular weight is 315 g/mol. The Balaban J connectivity index is 1.93. The van der Waals surface area contributed by atoms with Gasteiger partial charge < -0.3 is 15.2 Å². The third kappa shape index (κ3) is 2.65. The molecule has 0 fully saturated rings. The summed E-state index contributed by atoms with van der Waals surface area (Å²) in [6.45, 7) is 0.272. The first-order chi connectivity index (χ1) is 10.7. The van der Waals surface area contributed by atoms with Gasteiger partial charge in [-0.3, -0.25) is 4.98 Å². The van der Waals surface area contributed by atoms with Crippen LogP contribution in [0.3, 0.4) is 0 Å². The smallest absolute Gasteiger partial charge is 0.127 e. The van der Waals surface area contributed by atoms with Crippen molar-refractivity contribution in [2.45, 2.75) is 6.61 Å². The molecule has 22 heavy (non-hydrogen) atoms. The standard InChI is InChI=1S/C17H15ClN2O2/c1-21-15-6-5-14(19)17(18)13(15)10-22-16-4-2-3-11-9-20-8-7-12(11)16/h2-9H,10,19H2,1H3. The third-order valence-corrected chi connectivity index (χ3v) is 3.91. The van der Waals surface area contributed by atoms with E-state index >= 15 is 0 Å². The molecule has 4 nitrogen and oxygen atoms in total. The minimum Gasteiger partial charge on any atom is -0.496 e. The normalized spacial score (nSPS) is 10.6. The lowest BCUT2D eigenvalue weighted by Gasteiger charge is -2.14. The highest BCUT2D eigenvalue weighted by atomic mass is 35.5. The molecule has 0 atom stereocenters. The highest BCUT2D eigenvalue weighted by Crippen LogP contribution is 2.33.